The first-order chi connectivity index (χ1) is 11.5. The summed E-state index contributed by atoms with van der Waals surface area (Å²) in [4.78, 5) is 23.2. The molecule has 0 atom stereocenters. The molecule has 3 rings (SSSR count). The highest BCUT2D eigenvalue weighted by Gasteiger charge is 2.22. The van der Waals surface area contributed by atoms with E-state index in [-0.39, 0.29) is 11.8 Å². The summed E-state index contributed by atoms with van der Waals surface area (Å²) in [5.41, 5.74) is 3.52. The average Bonchev–Trinajstić information content (AvgIpc) is 2.95. The van der Waals surface area contributed by atoms with Gasteiger partial charge in [0.2, 0.25) is 0 Å². The van der Waals surface area contributed by atoms with Crippen LogP contribution in [0.5, 0.6) is 0 Å². The Kier molecular flexibility index (Phi) is 4.29. The third-order valence-corrected chi connectivity index (χ3v) is 3.97. The Morgan fingerprint density at radius 1 is 1.29 bits per heavy atom. The van der Waals surface area contributed by atoms with E-state index < -0.39 is 0 Å². The van der Waals surface area contributed by atoms with Crippen LogP contribution in [0.2, 0.25) is 0 Å². The van der Waals surface area contributed by atoms with Gasteiger partial charge in [-0.2, -0.15) is 0 Å². The van der Waals surface area contributed by atoms with Gasteiger partial charge in [0.15, 0.2) is 0 Å². The van der Waals surface area contributed by atoms with E-state index in [1.165, 1.54) is 0 Å². The van der Waals surface area contributed by atoms with Crippen molar-refractivity contribution in [2.24, 2.45) is 0 Å². The lowest BCUT2D eigenvalue weighted by Crippen LogP contribution is -2.26. The van der Waals surface area contributed by atoms with E-state index in [0.29, 0.717) is 28.9 Å². The Morgan fingerprint density at radius 3 is 2.67 bits per heavy atom. The molecule has 0 aliphatic carbocycles. The van der Waals surface area contributed by atoms with Crippen LogP contribution in [-0.2, 0) is 6.54 Å². The average molecular weight is 324 g/mol. The van der Waals surface area contributed by atoms with Crippen molar-refractivity contribution in [1.29, 1.82) is 0 Å². The summed E-state index contributed by atoms with van der Waals surface area (Å²) in [7, 11) is 1.78. The monoisotopic (exact) mass is 324 g/mol. The first kappa shape index (κ1) is 16.1. The Bertz CT molecular complexity index is 871. The van der Waals surface area contributed by atoms with E-state index in [0.717, 1.165) is 11.3 Å². The number of aromatic nitrogens is 3. The quantitative estimate of drug-likeness (QED) is 0.736. The number of pyridine rings is 2. The molecular formula is C18H20N4O2. The number of nitrogens with zero attached hydrogens (tertiary/aromatic N) is 4. The molecule has 0 fully saturated rings. The number of hydrogen-bond acceptors (Lipinski definition) is 5. The lowest BCUT2D eigenvalue weighted by Gasteiger charge is -2.18. The zero-order chi connectivity index (χ0) is 17.3. The Labute approximate surface area is 140 Å². The normalized spacial score (nSPS) is 11.2. The van der Waals surface area contributed by atoms with Gasteiger partial charge in [0.1, 0.15) is 0 Å². The third-order valence-electron chi connectivity index (χ3n) is 3.97. The second-order valence-electron chi connectivity index (χ2n) is 6.21. The first-order valence-corrected chi connectivity index (χ1v) is 7.88. The Morgan fingerprint density at radius 2 is 2.00 bits per heavy atom. The van der Waals surface area contributed by atoms with Gasteiger partial charge in [-0.3, -0.25) is 9.78 Å². The third kappa shape index (κ3) is 2.99. The van der Waals surface area contributed by atoms with Crippen LogP contribution in [-0.4, -0.2) is 33.0 Å². The predicted octanol–water partition coefficient (Wildman–Crippen LogP) is 3.32. The van der Waals surface area contributed by atoms with Crippen LogP contribution in [0, 0.1) is 6.92 Å². The first-order valence-electron chi connectivity index (χ1n) is 7.88. The van der Waals surface area contributed by atoms with Gasteiger partial charge < -0.3 is 9.42 Å². The molecular weight excluding hydrogens is 304 g/mol. The van der Waals surface area contributed by atoms with Gasteiger partial charge in [-0.15, -0.1) is 0 Å². The molecule has 3 aromatic heterocycles. The molecule has 3 heterocycles. The van der Waals surface area contributed by atoms with E-state index in [1.54, 1.807) is 24.3 Å². The van der Waals surface area contributed by atoms with Crippen LogP contribution in [0.4, 0.5) is 0 Å². The molecule has 6 nitrogen and oxygen atoms in total. The van der Waals surface area contributed by atoms with E-state index in [9.17, 15) is 4.79 Å². The van der Waals surface area contributed by atoms with E-state index >= 15 is 0 Å². The van der Waals surface area contributed by atoms with Crippen molar-refractivity contribution in [2.45, 2.75) is 33.2 Å². The standard InChI is InChI=1S/C18H20N4O2/c1-11(2)15-9-14(16-12(3)21-24-17(16)20-15)18(23)22(4)10-13-5-7-19-8-6-13/h5-9,11H,10H2,1-4H3. The zero-order valence-electron chi connectivity index (χ0n) is 14.3. The van der Waals surface area contributed by atoms with Crippen LogP contribution in [0.15, 0.2) is 35.1 Å². The number of carbonyl (C=O) groups is 1. The highest BCUT2D eigenvalue weighted by molar-refractivity contribution is 6.05. The summed E-state index contributed by atoms with van der Waals surface area (Å²) in [5.74, 6) is 0.115. The van der Waals surface area contributed by atoms with Gasteiger partial charge in [-0.1, -0.05) is 19.0 Å². The number of carbonyl (C=O) groups excluding carboxylic acids is 1. The maximum absolute atomic E-state index is 13.0. The molecule has 24 heavy (non-hydrogen) atoms. The Balaban J connectivity index is 2.00. The van der Waals surface area contributed by atoms with Crippen molar-refractivity contribution in [3.8, 4) is 0 Å². The summed E-state index contributed by atoms with van der Waals surface area (Å²) in [5, 5.41) is 4.65. The van der Waals surface area contributed by atoms with Gasteiger partial charge in [-0.25, -0.2) is 4.98 Å². The maximum Gasteiger partial charge on any atom is 0.259 e. The highest BCUT2D eigenvalue weighted by atomic mass is 16.5. The molecule has 3 aromatic rings. The SMILES string of the molecule is Cc1noc2nc(C(C)C)cc(C(=O)N(C)Cc3ccncc3)c12. The fourth-order valence-electron chi connectivity index (χ4n) is 2.62. The highest BCUT2D eigenvalue weighted by Crippen LogP contribution is 2.26. The number of fused-ring (bicyclic) bond motifs is 1. The second-order valence-corrected chi connectivity index (χ2v) is 6.21. The lowest BCUT2D eigenvalue weighted by molar-refractivity contribution is 0.0786. The van der Waals surface area contributed by atoms with Crippen LogP contribution in [0.25, 0.3) is 11.1 Å². The summed E-state index contributed by atoms with van der Waals surface area (Å²) in [6.07, 6.45) is 3.44. The summed E-state index contributed by atoms with van der Waals surface area (Å²) < 4.78 is 5.29. The minimum atomic E-state index is -0.0765. The molecule has 0 spiro atoms. The Hall–Kier alpha value is -2.76. The van der Waals surface area contributed by atoms with Crippen LogP contribution < -0.4 is 0 Å². The molecule has 0 aromatic carbocycles. The molecule has 0 saturated carbocycles. The molecule has 0 radical (unpaired) electrons. The van der Waals surface area contributed by atoms with Crippen molar-refractivity contribution >= 4 is 17.0 Å². The second kappa shape index (κ2) is 6.39. The maximum atomic E-state index is 13.0. The van der Waals surface area contributed by atoms with E-state index in [2.05, 4.69) is 15.1 Å². The molecule has 1 amide bonds. The molecule has 0 bridgehead atoms. The summed E-state index contributed by atoms with van der Waals surface area (Å²) in [6.45, 7) is 6.40. The van der Waals surface area contributed by atoms with Crippen molar-refractivity contribution in [3.05, 3.63) is 53.1 Å². The van der Waals surface area contributed by atoms with Crippen molar-refractivity contribution < 1.29 is 9.32 Å². The molecule has 0 aliphatic heterocycles. The van der Waals surface area contributed by atoms with Gasteiger partial charge in [0, 0.05) is 31.7 Å². The van der Waals surface area contributed by atoms with E-state index in [4.69, 9.17) is 4.52 Å². The van der Waals surface area contributed by atoms with Crippen molar-refractivity contribution in [2.75, 3.05) is 7.05 Å². The molecule has 0 unspecified atom stereocenters. The summed E-state index contributed by atoms with van der Waals surface area (Å²) >= 11 is 0. The van der Waals surface area contributed by atoms with E-state index in [1.807, 2.05) is 39.0 Å². The largest absolute Gasteiger partial charge is 0.337 e. The number of aryl methyl sites for hydroxylation is 1. The summed E-state index contributed by atoms with van der Waals surface area (Å²) in [6, 6.07) is 5.65. The van der Waals surface area contributed by atoms with Crippen LogP contribution >= 0.6 is 0 Å². The smallest absolute Gasteiger partial charge is 0.259 e. The predicted molar refractivity (Wildman–Crippen MR) is 90.7 cm³/mol. The van der Waals surface area contributed by atoms with Gasteiger partial charge in [0.25, 0.3) is 11.6 Å². The number of hydrogen-bond donors (Lipinski definition) is 0. The van der Waals surface area contributed by atoms with Crippen LogP contribution in [0.1, 0.15) is 47.1 Å². The van der Waals surface area contributed by atoms with Crippen LogP contribution in [0.3, 0.4) is 0 Å². The zero-order valence-corrected chi connectivity index (χ0v) is 14.3. The van der Waals surface area contributed by atoms with Gasteiger partial charge in [0.05, 0.1) is 16.6 Å². The minimum absolute atomic E-state index is 0.0765. The molecule has 0 aliphatic rings. The number of amides is 1. The molecule has 0 saturated heterocycles. The van der Waals surface area contributed by atoms with Crippen molar-refractivity contribution in [1.82, 2.24) is 20.0 Å². The molecule has 124 valence electrons. The van der Waals surface area contributed by atoms with Gasteiger partial charge in [-0.05, 0) is 36.6 Å². The molecule has 0 N–H and O–H groups in total. The lowest BCUT2D eigenvalue weighted by atomic mass is 10.0. The topological polar surface area (TPSA) is 72.1 Å². The fourth-order valence-corrected chi connectivity index (χ4v) is 2.62. The molecule has 6 heteroatoms. The van der Waals surface area contributed by atoms with Crippen molar-refractivity contribution in [3.63, 3.8) is 0 Å². The minimum Gasteiger partial charge on any atom is -0.337 e. The van der Waals surface area contributed by atoms with Gasteiger partial charge >= 0.3 is 0 Å². The fraction of sp³-hybridized carbons (Fsp3) is 0.333. The number of rotatable bonds is 4.